The number of hydrogen-bond acceptors (Lipinski definition) is 4. The van der Waals surface area contributed by atoms with Gasteiger partial charge >= 0.3 is 11.9 Å². The minimum atomic E-state index is -0.250. The number of carbonyl (C=O) groups excluding carboxylic acids is 2. The first-order chi connectivity index (χ1) is 9.66. The van der Waals surface area contributed by atoms with Gasteiger partial charge in [-0.15, -0.1) is 0 Å². The summed E-state index contributed by atoms with van der Waals surface area (Å²) in [7, 11) is 0. The summed E-state index contributed by atoms with van der Waals surface area (Å²) in [6, 6.07) is 0. The van der Waals surface area contributed by atoms with E-state index >= 15 is 0 Å². The van der Waals surface area contributed by atoms with Crippen molar-refractivity contribution in [3.63, 3.8) is 0 Å². The monoisotopic (exact) mass is 284 g/mol. The molecule has 0 aliphatic heterocycles. The molecule has 0 saturated heterocycles. The van der Waals surface area contributed by atoms with Crippen LogP contribution in [0.25, 0.3) is 0 Å². The van der Waals surface area contributed by atoms with Gasteiger partial charge in [-0.25, -0.2) is 4.79 Å². The third kappa shape index (κ3) is 14.7. The lowest BCUT2D eigenvalue weighted by atomic mass is 10.1. The summed E-state index contributed by atoms with van der Waals surface area (Å²) in [5, 5.41) is 0. The van der Waals surface area contributed by atoms with Gasteiger partial charge in [0.1, 0.15) is 0 Å². The van der Waals surface area contributed by atoms with E-state index < -0.39 is 0 Å². The average molecular weight is 284 g/mol. The Morgan fingerprint density at radius 1 is 0.900 bits per heavy atom. The molecule has 4 nitrogen and oxygen atoms in total. The van der Waals surface area contributed by atoms with Gasteiger partial charge in [-0.3, -0.25) is 4.79 Å². The first-order valence-corrected chi connectivity index (χ1v) is 7.63. The number of hydrogen-bond donors (Lipinski definition) is 0. The Balaban J connectivity index is 3.17. The van der Waals surface area contributed by atoms with Gasteiger partial charge in [0.15, 0.2) is 0 Å². The van der Waals surface area contributed by atoms with Crippen LogP contribution in [0.2, 0.25) is 0 Å². The van der Waals surface area contributed by atoms with Crippen LogP contribution in [0.15, 0.2) is 12.2 Å². The second-order valence-corrected chi connectivity index (χ2v) is 4.76. The quantitative estimate of drug-likeness (QED) is 0.311. The van der Waals surface area contributed by atoms with Crippen LogP contribution in [0.3, 0.4) is 0 Å². The van der Waals surface area contributed by atoms with Gasteiger partial charge in [-0.05, 0) is 26.2 Å². The number of unbranched alkanes of at least 4 members (excludes halogenated alkanes) is 7. The average Bonchev–Trinajstić information content (AvgIpc) is 2.40. The molecule has 0 fully saturated rings. The first-order valence-electron chi connectivity index (χ1n) is 7.63. The summed E-state index contributed by atoms with van der Waals surface area (Å²) < 4.78 is 9.66. The lowest BCUT2D eigenvalue weighted by Crippen LogP contribution is -2.00. The van der Waals surface area contributed by atoms with Crippen molar-refractivity contribution >= 4 is 11.9 Å². The van der Waals surface area contributed by atoms with E-state index in [1.54, 1.807) is 6.92 Å². The molecule has 0 heterocycles. The maximum Gasteiger partial charge on any atom is 0.330 e. The molecule has 0 radical (unpaired) electrons. The van der Waals surface area contributed by atoms with Crippen molar-refractivity contribution in [1.82, 2.24) is 0 Å². The van der Waals surface area contributed by atoms with Crippen LogP contribution >= 0.6 is 0 Å². The van der Waals surface area contributed by atoms with E-state index in [0.717, 1.165) is 25.7 Å². The lowest BCUT2D eigenvalue weighted by molar-refractivity contribution is -0.141. The van der Waals surface area contributed by atoms with E-state index in [-0.39, 0.29) is 11.9 Å². The minimum Gasteiger partial charge on any atom is -0.466 e. The summed E-state index contributed by atoms with van der Waals surface area (Å²) in [5.41, 5.74) is 0. The molecule has 0 spiro atoms. The number of ether oxygens (including phenoxy) is 2. The molecule has 0 N–H and O–H groups in total. The lowest BCUT2D eigenvalue weighted by Gasteiger charge is -2.02. The molecule has 4 heteroatoms. The van der Waals surface area contributed by atoms with E-state index in [0.29, 0.717) is 13.2 Å². The molecule has 0 atom stereocenters. The van der Waals surface area contributed by atoms with Crippen LogP contribution in [0.4, 0.5) is 0 Å². The Kier molecular flexibility index (Phi) is 13.2. The molecule has 0 saturated carbocycles. The molecule has 0 amide bonds. The van der Waals surface area contributed by atoms with Gasteiger partial charge in [0.25, 0.3) is 0 Å². The summed E-state index contributed by atoms with van der Waals surface area (Å²) in [6.45, 7) is 4.23. The third-order valence-electron chi connectivity index (χ3n) is 2.86. The zero-order chi connectivity index (χ0) is 15.1. The van der Waals surface area contributed by atoms with Crippen LogP contribution in [-0.2, 0) is 19.1 Å². The van der Waals surface area contributed by atoms with E-state index in [9.17, 15) is 9.59 Å². The normalized spacial score (nSPS) is 10.7. The largest absolute Gasteiger partial charge is 0.466 e. The second kappa shape index (κ2) is 14.1. The van der Waals surface area contributed by atoms with Gasteiger partial charge in [-0.1, -0.05) is 38.2 Å². The highest BCUT2D eigenvalue weighted by Gasteiger charge is 1.95. The molecule has 0 aromatic heterocycles. The fraction of sp³-hybridized carbons (Fsp3) is 0.750. The molecule has 0 rings (SSSR count). The Bertz CT molecular complexity index is 284. The topological polar surface area (TPSA) is 52.6 Å². The summed E-state index contributed by atoms with van der Waals surface area (Å²) in [4.78, 5) is 21.5. The molecule has 116 valence electrons. The Hall–Kier alpha value is -1.32. The van der Waals surface area contributed by atoms with Crippen LogP contribution in [-0.4, -0.2) is 25.2 Å². The smallest absolute Gasteiger partial charge is 0.330 e. The van der Waals surface area contributed by atoms with Gasteiger partial charge in [0.05, 0.1) is 13.2 Å². The highest BCUT2D eigenvalue weighted by molar-refractivity contribution is 5.81. The van der Waals surface area contributed by atoms with Gasteiger partial charge < -0.3 is 9.47 Å². The fourth-order valence-electron chi connectivity index (χ4n) is 1.83. The molecule has 0 unspecified atom stereocenters. The van der Waals surface area contributed by atoms with E-state index in [2.05, 4.69) is 0 Å². The third-order valence-corrected chi connectivity index (χ3v) is 2.86. The van der Waals surface area contributed by atoms with Crippen molar-refractivity contribution in [2.75, 3.05) is 13.2 Å². The Morgan fingerprint density at radius 3 is 2.10 bits per heavy atom. The van der Waals surface area contributed by atoms with Crippen molar-refractivity contribution < 1.29 is 19.1 Å². The van der Waals surface area contributed by atoms with Crippen LogP contribution in [0, 0.1) is 0 Å². The maximum atomic E-state index is 11.0. The molecule has 0 aromatic carbocycles. The van der Waals surface area contributed by atoms with Crippen molar-refractivity contribution in [3.05, 3.63) is 12.2 Å². The Morgan fingerprint density at radius 2 is 1.50 bits per heavy atom. The van der Waals surface area contributed by atoms with Crippen LogP contribution in [0.1, 0.15) is 65.2 Å². The zero-order valence-electron chi connectivity index (χ0n) is 12.9. The zero-order valence-corrected chi connectivity index (χ0v) is 12.9. The summed E-state index contributed by atoms with van der Waals surface area (Å²) >= 11 is 0. The minimum absolute atomic E-state index is 0.194. The molecule has 0 aliphatic carbocycles. The number of carbonyl (C=O) groups is 2. The van der Waals surface area contributed by atoms with Crippen molar-refractivity contribution in [2.45, 2.75) is 65.2 Å². The van der Waals surface area contributed by atoms with E-state index in [1.807, 2.05) is 6.08 Å². The van der Waals surface area contributed by atoms with Gasteiger partial charge in [0, 0.05) is 13.0 Å². The van der Waals surface area contributed by atoms with Crippen LogP contribution in [0.5, 0.6) is 0 Å². The van der Waals surface area contributed by atoms with E-state index in [4.69, 9.17) is 9.47 Å². The molecule has 20 heavy (non-hydrogen) atoms. The fourth-order valence-corrected chi connectivity index (χ4v) is 1.83. The number of rotatable bonds is 12. The molecule has 0 bridgehead atoms. The molecule has 0 aromatic rings. The number of allylic oxidation sites excluding steroid dienone is 1. The highest BCUT2D eigenvalue weighted by Crippen LogP contribution is 2.09. The van der Waals surface area contributed by atoms with Crippen molar-refractivity contribution in [2.24, 2.45) is 0 Å². The highest BCUT2D eigenvalue weighted by atomic mass is 16.5. The SMILES string of the molecule is CCOC(=O)/C=C/CCCCCCCCCOC(C)=O. The summed E-state index contributed by atoms with van der Waals surface area (Å²) in [5.74, 6) is -0.443. The standard InChI is InChI=1S/C16H28O4/c1-3-19-16(18)13-11-9-7-5-4-6-8-10-12-14-20-15(2)17/h11,13H,3-10,12,14H2,1-2H3/b13-11+. The Labute approximate surface area is 122 Å². The van der Waals surface area contributed by atoms with Gasteiger partial charge in [0.2, 0.25) is 0 Å². The summed E-state index contributed by atoms with van der Waals surface area (Å²) in [6.07, 6.45) is 12.4. The predicted molar refractivity (Wildman–Crippen MR) is 79.3 cm³/mol. The van der Waals surface area contributed by atoms with Crippen LogP contribution < -0.4 is 0 Å². The molecular weight excluding hydrogens is 256 g/mol. The van der Waals surface area contributed by atoms with Crippen molar-refractivity contribution in [1.29, 1.82) is 0 Å². The number of esters is 2. The second-order valence-electron chi connectivity index (χ2n) is 4.76. The predicted octanol–water partition coefficient (Wildman–Crippen LogP) is 3.79. The molecular formula is C16H28O4. The van der Waals surface area contributed by atoms with Crippen molar-refractivity contribution in [3.8, 4) is 0 Å². The molecule has 0 aliphatic rings. The maximum absolute atomic E-state index is 11.0. The van der Waals surface area contributed by atoms with E-state index in [1.165, 1.54) is 38.7 Å². The first kappa shape index (κ1) is 18.7. The van der Waals surface area contributed by atoms with Gasteiger partial charge in [-0.2, -0.15) is 0 Å².